The van der Waals surface area contributed by atoms with E-state index in [9.17, 15) is 4.39 Å². The highest BCUT2D eigenvalue weighted by Crippen LogP contribution is 2.26. The summed E-state index contributed by atoms with van der Waals surface area (Å²) in [5, 5.41) is 0. The van der Waals surface area contributed by atoms with Gasteiger partial charge in [-0.3, -0.25) is 0 Å². The molecule has 4 aromatic rings. The summed E-state index contributed by atoms with van der Waals surface area (Å²) in [5.41, 5.74) is 3.11. The maximum absolute atomic E-state index is 14.2. The Labute approximate surface area is 132 Å². The molecule has 0 fully saturated rings. The van der Waals surface area contributed by atoms with Crippen molar-refractivity contribution in [1.29, 1.82) is 0 Å². The summed E-state index contributed by atoms with van der Waals surface area (Å²) >= 11 is 0. The van der Waals surface area contributed by atoms with Crippen molar-refractivity contribution in [3.63, 3.8) is 0 Å². The van der Waals surface area contributed by atoms with Gasteiger partial charge in [0.15, 0.2) is 11.3 Å². The van der Waals surface area contributed by atoms with Crippen molar-refractivity contribution >= 4 is 22.3 Å². The molecule has 23 heavy (non-hydrogen) atoms. The molecule has 2 aromatic carbocycles. The van der Waals surface area contributed by atoms with Crippen molar-refractivity contribution in [2.75, 3.05) is 0 Å². The number of hydrogen-bond donors (Lipinski definition) is 0. The maximum Gasteiger partial charge on any atom is 0.198 e. The van der Waals surface area contributed by atoms with Crippen LogP contribution >= 0.6 is 0 Å². The van der Waals surface area contributed by atoms with Crippen LogP contribution in [0.5, 0.6) is 0 Å². The molecule has 0 spiro atoms. The van der Waals surface area contributed by atoms with Crippen LogP contribution in [0.4, 0.5) is 4.39 Å². The molecule has 0 unspecified atom stereocenters. The van der Waals surface area contributed by atoms with Gasteiger partial charge in [-0.15, -0.1) is 6.58 Å². The van der Waals surface area contributed by atoms with Gasteiger partial charge in [0.2, 0.25) is 0 Å². The number of para-hydroxylation sites is 2. The van der Waals surface area contributed by atoms with Crippen LogP contribution in [-0.2, 0) is 6.54 Å². The summed E-state index contributed by atoms with van der Waals surface area (Å²) in [6.45, 7) is 4.25. The predicted octanol–water partition coefficient (Wildman–Crippen LogP) is 3.97. The highest BCUT2D eigenvalue weighted by atomic mass is 19.1. The Morgan fingerprint density at radius 1 is 0.957 bits per heavy atom. The zero-order valence-electron chi connectivity index (χ0n) is 12.3. The number of nitrogens with zero attached hydrogens (tertiary/aromatic N) is 4. The minimum Gasteiger partial charge on any atom is -0.303 e. The van der Waals surface area contributed by atoms with Gasteiger partial charge in [-0.2, -0.15) is 0 Å². The van der Waals surface area contributed by atoms with E-state index < -0.39 is 0 Å². The van der Waals surface area contributed by atoms with E-state index in [1.807, 2.05) is 28.8 Å². The molecule has 0 saturated carbocycles. The fourth-order valence-corrected chi connectivity index (χ4v) is 2.65. The van der Waals surface area contributed by atoms with Gasteiger partial charge in [-0.05, 0) is 24.3 Å². The fourth-order valence-electron chi connectivity index (χ4n) is 2.65. The quantitative estimate of drug-likeness (QED) is 0.538. The minimum atomic E-state index is -0.322. The summed E-state index contributed by atoms with van der Waals surface area (Å²) in [6, 6.07) is 14.2. The van der Waals surface area contributed by atoms with Crippen molar-refractivity contribution in [1.82, 2.24) is 19.5 Å². The normalized spacial score (nSPS) is 11.2. The largest absolute Gasteiger partial charge is 0.303 e. The number of halogens is 1. The van der Waals surface area contributed by atoms with Crippen LogP contribution < -0.4 is 0 Å². The van der Waals surface area contributed by atoms with E-state index >= 15 is 0 Å². The van der Waals surface area contributed by atoms with Gasteiger partial charge in [0.1, 0.15) is 11.6 Å². The smallest absolute Gasteiger partial charge is 0.198 e. The maximum atomic E-state index is 14.2. The first kappa shape index (κ1) is 13.6. The van der Waals surface area contributed by atoms with E-state index in [-0.39, 0.29) is 5.82 Å². The third kappa shape index (κ3) is 2.17. The Hall–Kier alpha value is -3.08. The van der Waals surface area contributed by atoms with Crippen molar-refractivity contribution in [3.05, 3.63) is 67.0 Å². The van der Waals surface area contributed by atoms with E-state index in [2.05, 4.69) is 21.5 Å². The Balaban J connectivity index is 2.07. The standard InChI is InChI=1S/C18H13FN4/c1-2-11-23-17(12-7-3-4-8-13(12)19)22-16-18(23)21-15-10-6-5-9-14(15)20-16/h2-10H,1,11H2. The first-order chi connectivity index (χ1) is 11.3. The molecule has 2 heterocycles. The van der Waals surface area contributed by atoms with E-state index in [1.54, 1.807) is 24.3 Å². The van der Waals surface area contributed by atoms with Crippen LogP contribution in [0.15, 0.2) is 61.2 Å². The van der Waals surface area contributed by atoms with Crippen LogP contribution in [-0.4, -0.2) is 19.5 Å². The van der Waals surface area contributed by atoms with Gasteiger partial charge in [0.25, 0.3) is 0 Å². The van der Waals surface area contributed by atoms with Crippen LogP contribution in [0, 0.1) is 5.82 Å². The Bertz CT molecular complexity index is 1040. The molecule has 112 valence electrons. The monoisotopic (exact) mass is 304 g/mol. The Morgan fingerprint density at radius 2 is 1.65 bits per heavy atom. The number of allylic oxidation sites excluding steroid dienone is 1. The molecule has 0 aliphatic heterocycles. The van der Waals surface area contributed by atoms with E-state index in [4.69, 9.17) is 0 Å². The molecule has 0 saturated heterocycles. The second-order valence-corrected chi connectivity index (χ2v) is 5.17. The zero-order valence-corrected chi connectivity index (χ0v) is 12.3. The third-order valence-corrected chi connectivity index (χ3v) is 3.68. The highest BCUT2D eigenvalue weighted by molar-refractivity contribution is 5.84. The Morgan fingerprint density at radius 3 is 2.39 bits per heavy atom. The van der Waals surface area contributed by atoms with Crippen molar-refractivity contribution in [3.8, 4) is 11.4 Å². The molecule has 4 rings (SSSR count). The number of fused-ring (bicyclic) bond motifs is 2. The lowest BCUT2D eigenvalue weighted by molar-refractivity contribution is 0.628. The molecule has 5 heteroatoms. The molecule has 2 aromatic heterocycles. The molecule has 0 N–H and O–H groups in total. The topological polar surface area (TPSA) is 43.6 Å². The molecule has 0 aliphatic carbocycles. The number of hydrogen-bond acceptors (Lipinski definition) is 3. The predicted molar refractivity (Wildman–Crippen MR) is 88.4 cm³/mol. The first-order valence-corrected chi connectivity index (χ1v) is 7.27. The lowest BCUT2D eigenvalue weighted by Crippen LogP contribution is -2.01. The number of rotatable bonds is 3. The van der Waals surface area contributed by atoms with Crippen molar-refractivity contribution in [2.45, 2.75) is 6.54 Å². The minimum absolute atomic E-state index is 0.322. The molecular formula is C18H13FN4. The SMILES string of the molecule is C=CCn1c(-c2ccccc2F)nc2nc3ccccc3nc21. The molecular weight excluding hydrogens is 291 g/mol. The molecule has 0 atom stereocenters. The number of aromatic nitrogens is 4. The molecule has 4 nitrogen and oxygen atoms in total. The second-order valence-electron chi connectivity index (χ2n) is 5.17. The van der Waals surface area contributed by atoms with Crippen LogP contribution in [0.3, 0.4) is 0 Å². The van der Waals surface area contributed by atoms with E-state index in [0.29, 0.717) is 29.2 Å². The van der Waals surface area contributed by atoms with Gasteiger partial charge in [0, 0.05) is 6.54 Å². The zero-order chi connectivity index (χ0) is 15.8. The number of benzene rings is 2. The van der Waals surface area contributed by atoms with Gasteiger partial charge < -0.3 is 4.57 Å². The average Bonchev–Trinajstić information content (AvgIpc) is 2.91. The van der Waals surface area contributed by atoms with Crippen LogP contribution in [0.25, 0.3) is 33.7 Å². The van der Waals surface area contributed by atoms with Gasteiger partial charge >= 0.3 is 0 Å². The molecule has 0 amide bonds. The second kappa shape index (κ2) is 5.28. The molecule has 0 aliphatic rings. The highest BCUT2D eigenvalue weighted by Gasteiger charge is 2.17. The molecule has 0 radical (unpaired) electrons. The summed E-state index contributed by atoms with van der Waals surface area (Å²) in [4.78, 5) is 13.7. The van der Waals surface area contributed by atoms with Gasteiger partial charge in [-0.1, -0.05) is 30.3 Å². The van der Waals surface area contributed by atoms with Gasteiger partial charge in [-0.25, -0.2) is 19.3 Å². The van der Waals surface area contributed by atoms with Crippen LogP contribution in [0.1, 0.15) is 0 Å². The summed E-state index contributed by atoms with van der Waals surface area (Å²) in [5.74, 6) is 0.186. The number of imidazole rings is 1. The lowest BCUT2D eigenvalue weighted by Gasteiger charge is -2.06. The van der Waals surface area contributed by atoms with Crippen molar-refractivity contribution in [2.24, 2.45) is 0 Å². The van der Waals surface area contributed by atoms with E-state index in [0.717, 1.165) is 11.0 Å². The lowest BCUT2D eigenvalue weighted by atomic mass is 10.2. The summed E-state index contributed by atoms with van der Waals surface area (Å²) in [6.07, 6.45) is 1.74. The first-order valence-electron chi connectivity index (χ1n) is 7.27. The van der Waals surface area contributed by atoms with Crippen LogP contribution in [0.2, 0.25) is 0 Å². The third-order valence-electron chi connectivity index (χ3n) is 3.68. The Kier molecular flexibility index (Phi) is 3.12. The molecule has 0 bridgehead atoms. The fraction of sp³-hybridized carbons (Fsp3) is 0.0556. The summed E-state index contributed by atoms with van der Waals surface area (Å²) in [7, 11) is 0. The summed E-state index contributed by atoms with van der Waals surface area (Å²) < 4.78 is 16.0. The average molecular weight is 304 g/mol. The van der Waals surface area contributed by atoms with Crippen molar-refractivity contribution < 1.29 is 4.39 Å². The van der Waals surface area contributed by atoms with E-state index in [1.165, 1.54) is 6.07 Å². The van der Waals surface area contributed by atoms with Gasteiger partial charge in [0.05, 0.1) is 16.6 Å².